The third-order valence-electron chi connectivity index (χ3n) is 2.36. The second-order valence-corrected chi connectivity index (χ2v) is 4.19. The lowest BCUT2D eigenvalue weighted by molar-refractivity contribution is 0.318. The minimum atomic E-state index is 0.552. The van der Waals surface area contributed by atoms with Crippen LogP contribution in [-0.2, 0) is 0 Å². The number of hydrogen-bond acceptors (Lipinski definition) is 2. The highest BCUT2D eigenvalue weighted by Gasteiger charge is 2.03. The highest BCUT2D eigenvalue weighted by molar-refractivity contribution is 5.35. The van der Waals surface area contributed by atoms with Gasteiger partial charge in [-0.15, -0.1) is 0 Å². The summed E-state index contributed by atoms with van der Waals surface area (Å²) in [5.74, 6) is 1.53. The Labute approximate surface area is 92.6 Å². The van der Waals surface area contributed by atoms with Crippen molar-refractivity contribution in [3.8, 4) is 5.75 Å². The molecule has 1 aromatic carbocycles. The lowest BCUT2D eigenvalue weighted by Crippen LogP contribution is -2.16. The van der Waals surface area contributed by atoms with Gasteiger partial charge >= 0.3 is 0 Å². The molecule has 0 radical (unpaired) electrons. The van der Waals surface area contributed by atoms with Gasteiger partial charge < -0.3 is 10.1 Å². The van der Waals surface area contributed by atoms with Gasteiger partial charge in [0.1, 0.15) is 12.4 Å². The first-order valence-electron chi connectivity index (χ1n) is 5.52. The summed E-state index contributed by atoms with van der Waals surface area (Å²) in [7, 11) is 1.93. The number of nitrogens with one attached hydrogen (secondary N) is 1. The van der Waals surface area contributed by atoms with Crippen LogP contribution in [0.3, 0.4) is 0 Å². The number of benzene rings is 1. The van der Waals surface area contributed by atoms with E-state index in [2.05, 4.69) is 44.3 Å². The van der Waals surface area contributed by atoms with Gasteiger partial charge in [-0.1, -0.05) is 19.9 Å². The van der Waals surface area contributed by atoms with E-state index in [0.29, 0.717) is 5.92 Å². The summed E-state index contributed by atoms with van der Waals surface area (Å²) in [6, 6.07) is 6.43. The topological polar surface area (TPSA) is 21.3 Å². The maximum atomic E-state index is 5.66. The van der Waals surface area contributed by atoms with Crippen molar-refractivity contribution < 1.29 is 4.74 Å². The molecule has 0 atom stereocenters. The molecule has 0 spiro atoms. The molecule has 15 heavy (non-hydrogen) atoms. The molecule has 0 unspecified atom stereocenters. The summed E-state index contributed by atoms with van der Waals surface area (Å²) in [6.45, 7) is 8.11. The summed E-state index contributed by atoms with van der Waals surface area (Å²) in [5, 5.41) is 3.06. The van der Waals surface area contributed by atoms with Gasteiger partial charge in [-0.2, -0.15) is 0 Å². The standard InChI is InChI=1S/C13H21NO/c1-10(2)12-7-11(3)8-13(9-12)15-6-5-14-4/h7-10,14H,5-6H2,1-4H3. The monoisotopic (exact) mass is 207 g/mol. The summed E-state index contributed by atoms with van der Waals surface area (Å²) in [5.41, 5.74) is 2.61. The Morgan fingerprint density at radius 1 is 1.27 bits per heavy atom. The van der Waals surface area contributed by atoms with Gasteiger partial charge in [-0.3, -0.25) is 0 Å². The zero-order valence-corrected chi connectivity index (χ0v) is 10.1. The van der Waals surface area contributed by atoms with E-state index >= 15 is 0 Å². The molecule has 0 aromatic heterocycles. The van der Waals surface area contributed by atoms with E-state index in [-0.39, 0.29) is 0 Å². The SMILES string of the molecule is CNCCOc1cc(C)cc(C(C)C)c1. The van der Waals surface area contributed by atoms with E-state index in [1.54, 1.807) is 0 Å². The largest absolute Gasteiger partial charge is 0.492 e. The Kier molecular flexibility index (Phi) is 4.63. The maximum absolute atomic E-state index is 5.66. The second-order valence-electron chi connectivity index (χ2n) is 4.19. The van der Waals surface area contributed by atoms with Gasteiger partial charge in [-0.05, 0) is 43.1 Å². The van der Waals surface area contributed by atoms with Crippen LogP contribution in [0.4, 0.5) is 0 Å². The van der Waals surface area contributed by atoms with Gasteiger partial charge in [0, 0.05) is 6.54 Å². The van der Waals surface area contributed by atoms with Gasteiger partial charge in [0.25, 0.3) is 0 Å². The predicted octanol–water partition coefficient (Wildman–Crippen LogP) is 2.72. The van der Waals surface area contributed by atoms with E-state index in [9.17, 15) is 0 Å². The molecule has 0 saturated carbocycles. The molecule has 0 amide bonds. The van der Waals surface area contributed by atoms with Gasteiger partial charge in [0.2, 0.25) is 0 Å². The van der Waals surface area contributed by atoms with E-state index in [1.165, 1.54) is 11.1 Å². The normalized spacial score (nSPS) is 10.7. The van der Waals surface area contributed by atoms with E-state index in [0.717, 1.165) is 18.9 Å². The molecule has 0 fully saturated rings. The molecule has 0 aliphatic heterocycles. The molecule has 2 nitrogen and oxygen atoms in total. The van der Waals surface area contributed by atoms with Crippen molar-refractivity contribution in [2.24, 2.45) is 0 Å². The molecule has 1 aromatic rings. The minimum Gasteiger partial charge on any atom is -0.492 e. The Morgan fingerprint density at radius 2 is 2.00 bits per heavy atom. The van der Waals surface area contributed by atoms with Crippen LogP contribution >= 0.6 is 0 Å². The van der Waals surface area contributed by atoms with Crippen molar-refractivity contribution in [3.63, 3.8) is 0 Å². The van der Waals surface area contributed by atoms with Crippen molar-refractivity contribution in [2.45, 2.75) is 26.7 Å². The molecule has 0 aliphatic rings. The molecular formula is C13H21NO. The van der Waals surface area contributed by atoms with Crippen LogP contribution in [0.25, 0.3) is 0 Å². The smallest absolute Gasteiger partial charge is 0.119 e. The third kappa shape index (κ3) is 3.92. The van der Waals surface area contributed by atoms with Crippen molar-refractivity contribution in [2.75, 3.05) is 20.2 Å². The molecule has 2 heteroatoms. The van der Waals surface area contributed by atoms with Crippen molar-refractivity contribution in [3.05, 3.63) is 29.3 Å². The molecule has 0 aliphatic carbocycles. The summed E-state index contributed by atoms with van der Waals surface area (Å²) < 4.78 is 5.66. The second kappa shape index (κ2) is 5.76. The van der Waals surface area contributed by atoms with Crippen molar-refractivity contribution in [1.29, 1.82) is 0 Å². The van der Waals surface area contributed by atoms with Crippen molar-refractivity contribution >= 4 is 0 Å². The van der Waals surface area contributed by atoms with Gasteiger partial charge in [0.15, 0.2) is 0 Å². The summed E-state index contributed by atoms with van der Waals surface area (Å²) >= 11 is 0. The average Bonchev–Trinajstić information content (AvgIpc) is 2.17. The summed E-state index contributed by atoms with van der Waals surface area (Å²) in [4.78, 5) is 0. The molecule has 84 valence electrons. The minimum absolute atomic E-state index is 0.552. The van der Waals surface area contributed by atoms with Crippen LogP contribution in [-0.4, -0.2) is 20.2 Å². The van der Waals surface area contributed by atoms with Crippen LogP contribution in [0.1, 0.15) is 30.9 Å². The molecule has 1 N–H and O–H groups in total. The van der Waals surface area contributed by atoms with E-state index in [4.69, 9.17) is 4.74 Å². The zero-order chi connectivity index (χ0) is 11.3. The quantitative estimate of drug-likeness (QED) is 0.750. The molecule has 1 rings (SSSR count). The first-order chi connectivity index (χ1) is 7.13. The van der Waals surface area contributed by atoms with Crippen LogP contribution in [0.15, 0.2) is 18.2 Å². The number of hydrogen-bond donors (Lipinski definition) is 1. The Bertz CT molecular complexity index is 307. The number of aryl methyl sites for hydroxylation is 1. The zero-order valence-electron chi connectivity index (χ0n) is 10.1. The number of likely N-dealkylation sites (N-methyl/N-ethyl adjacent to an activating group) is 1. The van der Waals surface area contributed by atoms with E-state index < -0.39 is 0 Å². The fourth-order valence-corrected chi connectivity index (χ4v) is 1.46. The lowest BCUT2D eigenvalue weighted by Gasteiger charge is -2.11. The molecule has 0 bridgehead atoms. The maximum Gasteiger partial charge on any atom is 0.119 e. The first-order valence-corrected chi connectivity index (χ1v) is 5.52. The van der Waals surface area contributed by atoms with Gasteiger partial charge in [-0.25, -0.2) is 0 Å². The lowest BCUT2D eigenvalue weighted by atomic mass is 10.0. The Morgan fingerprint density at radius 3 is 2.60 bits per heavy atom. The highest BCUT2D eigenvalue weighted by atomic mass is 16.5. The first kappa shape index (κ1) is 12.1. The average molecular weight is 207 g/mol. The number of ether oxygens (including phenoxy) is 1. The van der Waals surface area contributed by atoms with Crippen molar-refractivity contribution in [1.82, 2.24) is 5.32 Å². The third-order valence-corrected chi connectivity index (χ3v) is 2.36. The van der Waals surface area contributed by atoms with E-state index in [1.807, 2.05) is 7.05 Å². The summed E-state index contributed by atoms with van der Waals surface area (Å²) in [6.07, 6.45) is 0. The Hall–Kier alpha value is -1.02. The molecular weight excluding hydrogens is 186 g/mol. The highest BCUT2D eigenvalue weighted by Crippen LogP contribution is 2.22. The Balaban J connectivity index is 2.71. The number of rotatable bonds is 5. The van der Waals surface area contributed by atoms with Gasteiger partial charge in [0.05, 0.1) is 0 Å². The molecule has 0 heterocycles. The fraction of sp³-hybridized carbons (Fsp3) is 0.538. The van der Waals surface area contributed by atoms with Crippen LogP contribution in [0, 0.1) is 6.92 Å². The predicted molar refractivity (Wildman–Crippen MR) is 64.7 cm³/mol. The molecule has 0 saturated heterocycles. The van der Waals surface area contributed by atoms with Crippen LogP contribution < -0.4 is 10.1 Å². The fourth-order valence-electron chi connectivity index (χ4n) is 1.46. The van der Waals surface area contributed by atoms with Crippen LogP contribution in [0.5, 0.6) is 5.75 Å². The van der Waals surface area contributed by atoms with Crippen LogP contribution in [0.2, 0.25) is 0 Å².